The van der Waals surface area contributed by atoms with E-state index >= 15 is 0 Å². The SMILES string of the molecule is Cc1nc2ccc(Br)cc2c(N2CCOC3(CCOC3)C2)c1C. The molecule has 4 nitrogen and oxygen atoms in total. The Bertz CT molecular complexity index is 756. The summed E-state index contributed by atoms with van der Waals surface area (Å²) in [7, 11) is 0. The number of pyridine rings is 1. The molecule has 0 aliphatic carbocycles. The van der Waals surface area contributed by atoms with Crippen LogP contribution in [0.4, 0.5) is 5.69 Å². The average Bonchev–Trinajstić information content (AvgIpc) is 2.97. The predicted molar refractivity (Wildman–Crippen MR) is 95.2 cm³/mol. The van der Waals surface area contributed by atoms with Crippen LogP contribution < -0.4 is 4.90 Å². The molecule has 2 fully saturated rings. The lowest BCUT2D eigenvalue weighted by molar-refractivity contribution is -0.0579. The maximum atomic E-state index is 6.09. The Labute approximate surface area is 144 Å². The van der Waals surface area contributed by atoms with E-state index in [2.05, 4.69) is 52.9 Å². The van der Waals surface area contributed by atoms with Gasteiger partial charge in [-0.15, -0.1) is 0 Å². The van der Waals surface area contributed by atoms with E-state index in [1.54, 1.807) is 0 Å². The smallest absolute Gasteiger partial charge is 0.111 e. The van der Waals surface area contributed by atoms with E-state index in [1.807, 2.05) is 0 Å². The van der Waals surface area contributed by atoms with E-state index in [9.17, 15) is 0 Å². The lowest BCUT2D eigenvalue weighted by Gasteiger charge is -2.41. The summed E-state index contributed by atoms with van der Waals surface area (Å²) in [5.74, 6) is 0. The number of ether oxygens (including phenoxy) is 2. The van der Waals surface area contributed by atoms with Gasteiger partial charge in [-0.1, -0.05) is 15.9 Å². The van der Waals surface area contributed by atoms with Crippen LogP contribution in [-0.4, -0.2) is 43.5 Å². The molecule has 23 heavy (non-hydrogen) atoms. The fourth-order valence-corrected chi connectivity index (χ4v) is 4.06. The fourth-order valence-electron chi connectivity index (χ4n) is 3.70. The molecule has 1 aromatic carbocycles. The van der Waals surface area contributed by atoms with Crippen LogP contribution in [0.15, 0.2) is 22.7 Å². The van der Waals surface area contributed by atoms with Crippen molar-refractivity contribution in [1.29, 1.82) is 0 Å². The van der Waals surface area contributed by atoms with Crippen molar-refractivity contribution < 1.29 is 9.47 Å². The van der Waals surface area contributed by atoms with Crippen molar-refractivity contribution in [3.63, 3.8) is 0 Å². The van der Waals surface area contributed by atoms with Crippen LogP contribution in [0.2, 0.25) is 0 Å². The van der Waals surface area contributed by atoms with Crippen molar-refractivity contribution in [2.45, 2.75) is 25.9 Å². The second kappa shape index (κ2) is 5.72. The zero-order valence-corrected chi connectivity index (χ0v) is 15.1. The standard InChI is InChI=1S/C18H21BrN2O2/c1-12-13(2)20-16-4-3-14(19)9-15(16)17(12)21-6-8-23-18(10-21)5-7-22-11-18/h3-4,9H,5-8,10-11H2,1-2H3. The number of fused-ring (bicyclic) bond motifs is 1. The van der Waals surface area contributed by atoms with Gasteiger partial charge >= 0.3 is 0 Å². The molecule has 0 N–H and O–H groups in total. The van der Waals surface area contributed by atoms with Crippen LogP contribution >= 0.6 is 15.9 Å². The van der Waals surface area contributed by atoms with E-state index < -0.39 is 0 Å². The van der Waals surface area contributed by atoms with E-state index in [0.29, 0.717) is 6.61 Å². The maximum absolute atomic E-state index is 6.09. The summed E-state index contributed by atoms with van der Waals surface area (Å²) in [4.78, 5) is 7.23. The molecular formula is C18H21BrN2O2. The van der Waals surface area contributed by atoms with Gasteiger partial charge in [-0.05, 0) is 37.6 Å². The summed E-state index contributed by atoms with van der Waals surface area (Å²) in [6.07, 6.45) is 0.980. The number of halogens is 1. The van der Waals surface area contributed by atoms with Crippen molar-refractivity contribution in [1.82, 2.24) is 4.98 Å². The first-order chi connectivity index (χ1) is 11.1. The molecule has 5 heteroatoms. The van der Waals surface area contributed by atoms with Crippen molar-refractivity contribution in [3.8, 4) is 0 Å². The number of morpholine rings is 1. The second-order valence-electron chi connectivity index (χ2n) is 6.59. The average molecular weight is 377 g/mol. The van der Waals surface area contributed by atoms with E-state index in [0.717, 1.165) is 48.4 Å². The normalized spacial score (nSPS) is 24.7. The molecule has 0 radical (unpaired) electrons. The number of aromatic nitrogens is 1. The molecule has 3 heterocycles. The van der Waals surface area contributed by atoms with Gasteiger partial charge in [0.05, 0.1) is 24.4 Å². The second-order valence-corrected chi connectivity index (χ2v) is 7.50. The van der Waals surface area contributed by atoms with Crippen molar-refractivity contribution in [2.75, 3.05) is 37.8 Å². The van der Waals surface area contributed by atoms with Gasteiger partial charge in [0, 0.05) is 41.7 Å². The van der Waals surface area contributed by atoms with Crippen LogP contribution in [0, 0.1) is 13.8 Å². The lowest BCUT2D eigenvalue weighted by atomic mass is 9.98. The van der Waals surface area contributed by atoms with Gasteiger partial charge in [0.1, 0.15) is 5.60 Å². The van der Waals surface area contributed by atoms with Gasteiger partial charge in [0.25, 0.3) is 0 Å². The summed E-state index contributed by atoms with van der Waals surface area (Å²) < 4.78 is 12.8. The van der Waals surface area contributed by atoms with Gasteiger partial charge in [-0.3, -0.25) is 4.98 Å². The molecule has 0 saturated carbocycles. The highest BCUT2D eigenvalue weighted by Gasteiger charge is 2.41. The van der Waals surface area contributed by atoms with Crippen LogP contribution in [0.1, 0.15) is 17.7 Å². The highest BCUT2D eigenvalue weighted by molar-refractivity contribution is 9.10. The van der Waals surface area contributed by atoms with E-state index in [4.69, 9.17) is 14.5 Å². The third-order valence-electron chi connectivity index (χ3n) is 5.03. The molecule has 0 amide bonds. The first kappa shape index (κ1) is 15.4. The zero-order valence-electron chi connectivity index (χ0n) is 13.6. The molecule has 2 aromatic rings. The van der Waals surface area contributed by atoms with Crippen molar-refractivity contribution in [2.24, 2.45) is 0 Å². The zero-order chi connectivity index (χ0) is 16.0. The molecular weight excluding hydrogens is 356 g/mol. The Morgan fingerprint density at radius 2 is 2.13 bits per heavy atom. The number of rotatable bonds is 1. The largest absolute Gasteiger partial charge is 0.378 e. The molecule has 4 rings (SSSR count). The molecule has 1 spiro atoms. The van der Waals surface area contributed by atoms with Gasteiger partial charge in [0.2, 0.25) is 0 Å². The highest BCUT2D eigenvalue weighted by atomic mass is 79.9. The third kappa shape index (κ3) is 2.65. The highest BCUT2D eigenvalue weighted by Crippen LogP contribution is 2.37. The summed E-state index contributed by atoms with van der Waals surface area (Å²) in [5, 5.41) is 1.21. The quantitative estimate of drug-likeness (QED) is 0.761. The summed E-state index contributed by atoms with van der Waals surface area (Å²) in [5.41, 5.74) is 4.56. The van der Waals surface area contributed by atoms with Crippen LogP contribution in [0.5, 0.6) is 0 Å². The molecule has 2 saturated heterocycles. The molecule has 0 bridgehead atoms. The summed E-state index contributed by atoms with van der Waals surface area (Å²) in [6.45, 7) is 8.31. The molecule has 1 atom stereocenters. The number of benzene rings is 1. The van der Waals surface area contributed by atoms with Gasteiger partial charge in [0.15, 0.2) is 0 Å². The first-order valence-electron chi connectivity index (χ1n) is 8.11. The van der Waals surface area contributed by atoms with Gasteiger partial charge in [-0.2, -0.15) is 0 Å². The van der Waals surface area contributed by atoms with Crippen molar-refractivity contribution >= 4 is 32.5 Å². The lowest BCUT2D eigenvalue weighted by Crippen LogP contribution is -2.52. The molecule has 122 valence electrons. The number of nitrogens with zero attached hydrogens (tertiary/aromatic N) is 2. The number of anilines is 1. The number of aryl methyl sites for hydroxylation is 1. The van der Waals surface area contributed by atoms with Crippen LogP contribution in [0.3, 0.4) is 0 Å². The van der Waals surface area contributed by atoms with E-state index in [1.165, 1.54) is 16.6 Å². The van der Waals surface area contributed by atoms with Gasteiger partial charge < -0.3 is 14.4 Å². The minimum Gasteiger partial charge on any atom is -0.378 e. The molecule has 1 aromatic heterocycles. The first-order valence-corrected chi connectivity index (χ1v) is 8.90. The summed E-state index contributed by atoms with van der Waals surface area (Å²) in [6, 6.07) is 6.32. The maximum Gasteiger partial charge on any atom is 0.111 e. The molecule has 2 aliphatic rings. The Kier molecular flexibility index (Phi) is 3.82. The molecule has 2 aliphatic heterocycles. The third-order valence-corrected chi connectivity index (χ3v) is 5.52. The fraction of sp³-hybridized carbons (Fsp3) is 0.500. The molecule has 1 unspecified atom stereocenters. The van der Waals surface area contributed by atoms with Crippen LogP contribution in [-0.2, 0) is 9.47 Å². The topological polar surface area (TPSA) is 34.6 Å². The Morgan fingerprint density at radius 3 is 2.91 bits per heavy atom. The van der Waals surface area contributed by atoms with Crippen molar-refractivity contribution in [3.05, 3.63) is 33.9 Å². The van der Waals surface area contributed by atoms with Gasteiger partial charge in [-0.25, -0.2) is 0 Å². The monoisotopic (exact) mass is 376 g/mol. The van der Waals surface area contributed by atoms with E-state index in [-0.39, 0.29) is 5.60 Å². The minimum atomic E-state index is -0.139. The predicted octanol–water partition coefficient (Wildman–Crippen LogP) is 3.61. The number of hydrogen-bond acceptors (Lipinski definition) is 4. The minimum absolute atomic E-state index is 0.139. The Morgan fingerprint density at radius 1 is 1.26 bits per heavy atom. The Balaban J connectivity index is 1.83. The van der Waals surface area contributed by atoms with Crippen LogP contribution in [0.25, 0.3) is 10.9 Å². The number of hydrogen-bond donors (Lipinski definition) is 0. The summed E-state index contributed by atoms with van der Waals surface area (Å²) >= 11 is 3.60. The Hall–Kier alpha value is -1.17.